The number of carbonyl (C=O) groups is 1. The summed E-state index contributed by atoms with van der Waals surface area (Å²) in [5.74, 6) is 0.708. The van der Waals surface area contributed by atoms with Crippen molar-refractivity contribution in [3.8, 4) is 0 Å². The molecule has 26 heavy (non-hydrogen) atoms. The molecule has 0 aliphatic carbocycles. The maximum absolute atomic E-state index is 12.5. The van der Waals surface area contributed by atoms with Crippen LogP contribution in [-0.2, 0) is 4.79 Å². The van der Waals surface area contributed by atoms with Gasteiger partial charge >= 0.3 is 0 Å². The number of amides is 1. The third-order valence-electron chi connectivity index (χ3n) is 4.96. The van der Waals surface area contributed by atoms with Gasteiger partial charge in [0.05, 0.1) is 12.0 Å². The number of nitrogens with zero attached hydrogens (tertiary/aromatic N) is 3. The molecule has 7 heteroatoms. The van der Waals surface area contributed by atoms with E-state index >= 15 is 0 Å². The van der Waals surface area contributed by atoms with E-state index in [1.54, 1.807) is 25.8 Å². The second-order valence-corrected chi connectivity index (χ2v) is 8.83. The highest BCUT2D eigenvalue weighted by Crippen LogP contribution is 2.35. The van der Waals surface area contributed by atoms with Crippen LogP contribution in [0, 0.1) is 12.3 Å². The van der Waals surface area contributed by atoms with Gasteiger partial charge < -0.3 is 14.4 Å². The molecule has 1 aromatic carbocycles. The molecule has 0 saturated carbocycles. The van der Waals surface area contributed by atoms with Crippen molar-refractivity contribution in [2.75, 3.05) is 32.8 Å². The van der Waals surface area contributed by atoms with Crippen molar-refractivity contribution in [2.24, 2.45) is 5.41 Å². The Morgan fingerprint density at radius 1 is 1.27 bits per heavy atom. The van der Waals surface area contributed by atoms with Crippen molar-refractivity contribution in [1.82, 2.24) is 14.2 Å². The summed E-state index contributed by atoms with van der Waals surface area (Å²) in [6.07, 6.45) is 0. The lowest BCUT2D eigenvalue weighted by Crippen LogP contribution is -2.43. The molecule has 1 aromatic heterocycles. The number of benzene rings is 1. The van der Waals surface area contributed by atoms with Crippen molar-refractivity contribution in [3.05, 3.63) is 35.2 Å². The van der Waals surface area contributed by atoms with Gasteiger partial charge in [0.25, 0.3) is 0 Å². The third-order valence-corrected chi connectivity index (χ3v) is 5.94. The predicted molar refractivity (Wildman–Crippen MR) is 101 cm³/mol. The van der Waals surface area contributed by atoms with Crippen LogP contribution in [0.15, 0.2) is 38.7 Å². The third kappa shape index (κ3) is 3.15. The van der Waals surface area contributed by atoms with E-state index in [2.05, 4.69) is 15.4 Å². The molecule has 4 rings (SSSR count). The molecule has 1 N–H and O–H groups in total. The standard InChI is InChI=1S/C19H23N3O3S/c1-12-20-16-5-4-15(6-17(16)25-12)26-22-9-13-7-21(8-14(13)10-22)18(24)19(2,3)11-23/h4-6,23H,7-11H2,1-3H3. The summed E-state index contributed by atoms with van der Waals surface area (Å²) >= 11 is 1.71. The number of rotatable bonds is 4. The maximum Gasteiger partial charge on any atom is 0.231 e. The van der Waals surface area contributed by atoms with E-state index in [4.69, 9.17) is 4.42 Å². The minimum Gasteiger partial charge on any atom is -0.441 e. The summed E-state index contributed by atoms with van der Waals surface area (Å²) in [6, 6.07) is 6.09. The highest BCUT2D eigenvalue weighted by atomic mass is 32.2. The Morgan fingerprint density at radius 3 is 2.62 bits per heavy atom. The zero-order chi connectivity index (χ0) is 18.5. The number of aryl methyl sites for hydroxylation is 1. The topological polar surface area (TPSA) is 69.8 Å². The van der Waals surface area contributed by atoms with Crippen LogP contribution < -0.4 is 0 Å². The van der Waals surface area contributed by atoms with Gasteiger partial charge in [-0.25, -0.2) is 9.29 Å². The summed E-state index contributed by atoms with van der Waals surface area (Å²) in [5.41, 5.74) is 3.65. The lowest BCUT2D eigenvalue weighted by molar-refractivity contribution is -0.141. The van der Waals surface area contributed by atoms with E-state index in [0.29, 0.717) is 19.0 Å². The highest BCUT2D eigenvalue weighted by Gasteiger charge is 2.38. The van der Waals surface area contributed by atoms with Crippen LogP contribution in [0.25, 0.3) is 11.1 Å². The monoisotopic (exact) mass is 373 g/mol. The Bertz CT molecular complexity index is 885. The molecule has 0 unspecified atom stereocenters. The molecule has 2 aromatic rings. The van der Waals surface area contributed by atoms with Crippen molar-refractivity contribution in [1.29, 1.82) is 0 Å². The van der Waals surface area contributed by atoms with Crippen LogP contribution in [-0.4, -0.2) is 58.0 Å². The zero-order valence-corrected chi connectivity index (χ0v) is 16.1. The van der Waals surface area contributed by atoms with Crippen LogP contribution in [0.2, 0.25) is 0 Å². The van der Waals surface area contributed by atoms with E-state index in [1.165, 1.54) is 11.1 Å². The van der Waals surface area contributed by atoms with Gasteiger partial charge in [0, 0.05) is 38.0 Å². The molecule has 0 spiro atoms. The Hall–Kier alpha value is -1.83. The molecule has 3 heterocycles. The molecule has 0 fully saturated rings. The Morgan fingerprint density at radius 2 is 1.96 bits per heavy atom. The van der Waals surface area contributed by atoms with Crippen molar-refractivity contribution in [2.45, 2.75) is 25.7 Å². The largest absolute Gasteiger partial charge is 0.441 e. The molecular formula is C19H23N3O3S. The lowest BCUT2D eigenvalue weighted by Gasteiger charge is -2.29. The first-order valence-corrected chi connectivity index (χ1v) is 9.53. The molecule has 138 valence electrons. The lowest BCUT2D eigenvalue weighted by atomic mass is 9.93. The Balaban J connectivity index is 1.38. The highest BCUT2D eigenvalue weighted by molar-refractivity contribution is 7.97. The van der Waals surface area contributed by atoms with Gasteiger partial charge in [0.2, 0.25) is 5.91 Å². The molecule has 0 bridgehead atoms. The summed E-state index contributed by atoms with van der Waals surface area (Å²) in [6.45, 7) is 8.38. The molecule has 0 saturated heterocycles. The average molecular weight is 373 g/mol. The first kappa shape index (κ1) is 17.6. The van der Waals surface area contributed by atoms with E-state index in [0.717, 1.165) is 29.1 Å². The molecule has 2 aliphatic rings. The quantitative estimate of drug-likeness (QED) is 0.656. The SMILES string of the molecule is Cc1nc2ccc(SN3CC4=C(C3)CN(C(=O)C(C)(C)CO)C4)cc2o1. The fraction of sp³-hybridized carbons (Fsp3) is 0.474. The first-order valence-electron chi connectivity index (χ1n) is 8.76. The Kier molecular flexibility index (Phi) is 4.33. The number of aliphatic hydroxyl groups excluding tert-OH is 1. The normalized spacial score (nSPS) is 18.2. The average Bonchev–Trinajstić information content (AvgIpc) is 3.25. The van der Waals surface area contributed by atoms with Gasteiger partial charge in [-0.3, -0.25) is 4.79 Å². The van der Waals surface area contributed by atoms with Gasteiger partial charge in [-0.05, 0) is 55.1 Å². The number of oxazole rings is 1. The van der Waals surface area contributed by atoms with Gasteiger partial charge in [0.1, 0.15) is 5.52 Å². The minimum atomic E-state index is -0.710. The summed E-state index contributed by atoms with van der Waals surface area (Å²) in [5, 5.41) is 9.43. The molecular weight excluding hydrogens is 350 g/mol. The number of fused-ring (bicyclic) bond motifs is 1. The van der Waals surface area contributed by atoms with E-state index < -0.39 is 5.41 Å². The van der Waals surface area contributed by atoms with Crippen LogP contribution in [0.4, 0.5) is 0 Å². The van der Waals surface area contributed by atoms with Gasteiger partial charge in [-0.2, -0.15) is 0 Å². The summed E-state index contributed by atoms with van der Waals surface area (Å²) in [4.78, 5) is 19.9. The maximum atomic E-state index is 12.5. The van der Waals surface area contributed by atoms with E-state index in [9.17, 15) is 9.90 Å². The smallest absolute Gasteiger partial charge is 0.231 e. The molecule has 6 nitrogen and oxygen atoms in total. The molecule has 0 atom stereocenters. The predicted octanol–water partition coefficient (Wildman–Crippen LogP) is 2.62. The van der Waals surface area contributed by atoms with E-state index in [1.807, 2.05) is 24.0 Å². The number of aliphatic hydroxyl groups is 1. The first-order chi connectivity index (χ1) is 12.4. The second kappa shape index (κ2) is 6.40. The van der Waals surface area contributed by atoms with Crippen molar-refractivity contribution >= 4 is 29.0 Å². The summed E-state index contributed by atoms with van der Waals surface area (Å²) in [7, 11) is 0. The number of carbonyl (C=O) groups excluding carboxylic acids is 1. The van der Waals surface area contributed by atoms with Crippen LogP contribution in [0.3, 0.4) is 0 Å². The fourth-order valence-corrected chi connectivity index (χ4v) is 4.50. The van der Waals surface area contributed by atoms with Gasteiger partial charge in [-0.1, -0.05) is 0 Å². The van der Waals surface area contributed by atoms with Crippen molar-refractivity contribution < 1.29 is 14.3 Å². The number of hydrogen-bond donors (Lipinski definition) is 1. The zero-order valence-electron chi connectivity index (χ0n) is 15.3. The molecule has 2 aliphatic heterocycles. The van der Waals surface area contributed by atoms with Gasteiger partial charge in [0.15, 0.2) is 11.5 Å². The summed E-state index contributed by atoms with van der Waals surface area (Å²) < 4.78 is 7.93. The minimum absolute atomic E-state index is 0.0275. The van der Waals surface area contributed by atoms with Crippen LogP contribution in [0.5, 0.6) is 0 Å². The fourth-order valence-electron chi connectivity index (χ4n) is 3.48. The van der Waals surface area contributed by atoms with Crippen molar-refractivity contribution in [3.63, 3.8) is 0 Å². The van der Waals surface area contributed by atoms with Crippen LogP contribution in [0.1, 0.15) is 19.7 Å². The molecule has 0 radical (unpaired) electrons. The van der Waals surface area contributed by atoms with Crippen LogP contribution >= 0.6 is 11.9 Å². The van der Waals surface area contributed by atoms with Gasteiger partial charge in [-0.15, -0.1) is 0 Å². The number of hydrogen-bond acceptors (Lipinski definition) is 6. The second-order valence-electron chi connectivity index (χ2n) is 7.66. The number of aromatic nitrogens is 1. The Labute approximate surface area is 157 Å². The molecule has 1 amide bonds. The van der Waals surface area contributed by atoms with E-state index in [-0.39, 0.29) is 12.5 Å².